The second kappa shape index (κ2) is 13.4. The zero-order chi connectivity index (χ0) is 21.8. The Bertz CT molecular complexity index is 819. The quantitative estimate of drug-likeness (QED) is 0.372. The van der Waals surface area contributed by atoms with Crippen LogP contribution in [0.4, 0.5) is 0 Å². The first-order valence-electron chi connectivity index (χ1n) is 9.72. The van der Waals surface area contributed by atoms with Gasteiger partial charge in [0, 0.05) is 16.0 Å². The zero-order valence-electron chi connectivity index (χ0n) is 17.5. The Labute approximate surface area is 189 Å². The third-order valence-corrected chi connectivity index (χ3v) is 5.57. The summed E-state index contributed by atoms with van der Waals surface area (Å²) < 4.78 is 6.53. The third kappa shape index (κ3) is 7.51. The number of nitrogens with zero attached hydrogens (tertiary/aromatic N) is 2. The molecule has 1 unspecified atom stereocenters. The molecule has 0 radical (unpaired) electrons. The molecular formula is C24H30BrClN2O. The van der Waals surface area contributed by atoms with Gasteiger partial charge in [0.15, 0.2) is 0 Å². The van der Waals surface area contributed by atoms with Crippen molar-refractivity contribution in [2.75, 3.05) is 13.7 Å². The highest BCUT2D eigenvalue weighted by molar-refractivity contribution is 9.10. The summed E-state index contributed by atoms with van der Waals surface area (Å²) in [5.74, 6) is 0.887. The van der Waals surface area contributed by atoms with Gasteiger partial charge in [-0.3, -0.25) is 4.90 Å². The number of halogens is 2. The normalized spacial score (nSPS) is 11.3. The molecule has 0 aliphatic rings. The number of rotatable bonds is 9. The van der Waals surface area contributed by atoms with Crippen LogP contribution < -0.4 is 4.74 Å². The fourth-order valence-corrected chi connectivity index (χ4v) is 3.93. The monoisotopic (exact) mass is 476 g/mol. The molecular weight excluding hydrogens is 448 g/mol. The summed E-state index contributed by atoms with van der Waals surface area (Å²) in [4.78, 5) is 2.20. The van der Waals surface area contributed by atoms with Gasteiger partial charge in [0.25, 0.3) is 0 Å². The Balaban J connectivity index is 0.00000204. The lowest BCUT2D eigenvalue weighted by atomic mass is 9.98. The minimum Gasteiger partial charge on any atom is -0.496 e. The molecule has 0 N–H and O–H groups in total. The number of hydrogen-bond donors (Lipinski definition) is 0. The Morgan fingerprint density at radius 3 is 2.55 bits per heavy atom. The first kappa shape index (κ1) is 25.2. The van der Waals surface area contributed by atoms with Crippen molar-refractivity contribution in [2.45, 2.75) is 45.7 Å². The van der Waals surface area contributed by atoms with Crippen molar-refractivity contribution in [3.63, 3.8) is 0 Å². The molecule has 0 aliphatic heterocycles. The summed E-state index contributed by atoms with van der Waals surface area (Å²) in [6, 6.07) is 14.3. The number of hydrogen-bond acceptors (Lipinski definition) is 3. The van der Waals surface area contributed by atoms with Gasteiger partial charge in [0.05, 0.1) is 19.2 Å². The predicted molar refractivity (Wildman–Crippen MR) is 127 cm³/mol. The molecule has 0 heterocycles. The summed E-state index contributed by atoms with van der Waals surface area (Å²) in [6.45, 7) is 11.7. The van der Waals surface area contributed by atoms with E-state index in [1.54, 1.807) is 7.11 Å². The second-order valence-corrected chi connectivity index (χ2v) is 7.93. The average molecular weight is 478 g/mol. The molecule has 2 rings (SSSR count). The summed E-state index contributed by atoms with van der Waals surface area (Å²) in [5, 5.41) is 10.1. The lowest BCUT2D eigenvalue weighted by Crippen LogP contribution is -2.32. The molecule has 1 atom stereocenters. The van der Waals surface area contributed by atoms with E-state index >= 15 is 0 Å². The van der Waals surface area contributed by atoms with E-state index in [9.17, 15) is 5.26 Å². The molecule has 0 saturated carbocycles. The number of aryl methyl sites for hydroxylation is 1. The standard InChI is InChI=1S/C22H26BrClN2O.C2H4/c1-4-12-26(16(2)14-25)15-18-6-5-7-21(24)20(18)10-8-17-13-19(23)9-11-22(17)27-3;1-2/h5-7,9,11,13,16H,4,8,10,12,15H2,1-3H3;1-2H2. The van der Waals surface area contributed by atoms with Crippen molar-refractivity contribution in [3.05, 3.63) is 75.7 Å². The van der Waals surface area contributed by atoms with Gasteiger partial charge >= 0.3 is 0 Å². The van der Waals surface area contributed by atoms with E-state index in [4.69, 9.17) is 16.3 Å². The fourth-order valence-electron chi connectivity index (χ4n) is 3.23. The van der Waals surface area contributed by atoms with Gasteiger partial charge in [0.2, 0.25) is 0 Å². The molecule has 5 heteroatoms. The van der Waals surface area contributed by atoms with Crippen molar-refractivity contribution < 1.29 is 4.74 Å². The van der Waals surface area contributed by atoms with Crippen LogP contribution >= 0.6 is 27.5 Å². The molecule has 2 aromatic rings. The van der Waals surface area contributed by atoms with Gasteiger partial charge in [-0.25, -0.2) is 0 Å². The summed E-state index contributed by atoms with van der Waals surface area (Å²) >= 11 is 10.1. The van der Waals surface area contributed by atoms with Gasteiger partial charge < -0.3 is 4.74 Å². The van der Waals surface area contributed by atoms with E-state index < -0.39 is 0 Å². The minimum atomic E-state index is -0.123. The minimum absolute atomic E-state index is 0.123. The van der Waals surface area contributed by atoms with Gasteiger partial charge in [-0.2, -0.15) is 5.26 Å². The van der Waals surface area contributed by atoms with E-state index in [2.05, 4.69) is 59.1 Å². The summed E-state index contributed by atoms with van der Waals surface area (Å²) in [5.41, 5.74) is 3.48. The van der Waals surface area contributed by atoms with E-state index in [1.165, 1.54) is 5.56 Å². The molecule has 0 saturated heterocycles. The van der Waals surface area contributed by atoms with Gasteiger partial charge in [0.1, 0.15) is 5.75 Å². The van der Waals surface area contributed by atoms with Crippen molar-refractivity contribution in [3.8, 4) is 11.8 Å². The van der Waals surface area contributed by atoms with E-state index in [-0.39, 0.29) is 6.04 Å². The first-order valence-corrected chi connectivity index (χ1v) is 10.9. The SMILES string of the molecule is C=C.CCCN(Cc1cccc(Cl)c1CCc1cc(Br)ccc1OC)C(C)C#N. The maximum absolute atomic E-state index is 9.33. The lowest BCUT2D eigenvalue weighted by molar-refractivity contribution is 0.237. The molecule has 29 heavy (non-hydrogen) atoms. The Kier molecular flexibility index (Phi) is 11.7. The molecule has 0 fully saturated rings. The first-order chi connectivity index (χ1) is 14.0. The largest absolute Gasteiger partial charge is 0.496 e. The highest BCUT2D eigenvalue weighted by atomic mass is 79.9. The second-order valence-electron chi connectivity index (χ2n) is 6.61. The smallest absolute Gasteiger partial charge is 0.122 e. The lowest BCUT2D eigenvalue weighted by Gasteiger charge is -2.25. The third-order valence-electron chi connectivity index (χ3n) is 4.72. The molecule has 3 nitrogen and oxygen atoms in total. The van der Waals surface area contributed by atoms with Crippen LogP contribution in [-0.2, 0) is 19.4 Å². The van der Waals surface area contributed by atoms with Crippen molar-refractivity contribution in [1.29, 1.82) is 5.26 Å². The van der Waals surface area contributed by atoms with Gasteiger partial charge in [-0.1, -0.05) is 46.6 Å². The molecule has 0 amide bonds. The van der Waals surface area contributed by atoms with Gasteiger partial charge in [-0.15, -0.1) is 13.2 Å². The Hall–Kier alpha value is -1.80. The van der Waals surface area contributed by atoms with Crippen LogP contribution in [0.3, 0.4) is 0 Å². The molecule has 0 spiro atoms. The van der Waals surface area contributed by atoms with Crippen LogP contribution in [0, 0.1) is 11.3 Å². The number of methoxy groups -OCH3 is 1. The molecule has 0 aliphatic carbocycles. The highest BCUT2D eigenvalue weighted by Gasteiger charge is 2.16. The van der Waals surface area contributed by atoms with Crippen LogP contribution in [-0.4, -0.2) is 24.6 Å². The number of nitriles is 1. The molecule has 156 valence electrons. The van der Waals surface area contributed by atoms with Crippen molar-refractivity contribution in [1.82, 2.24) is 4.90 Å². The fraction of sp³-hybridized carbons (Fsp3) is 0.375. The maximum Gasteiger partial charge on any atom is 0.122 e. The van der Waals surface area contributed by atoms with Gasteiger partial charge in [-0.05, 0) is 73.7 Å². The Morgan fingerprint density at radius 2 is 1.93 bits per heavy atom. The van der Waals surface area contributed by atoms with Crippen molar-refractivity contribution in [2.24, 2.45) is 0 Å². The van der Waals surface area contributed by atoms with Crippen LogP contribution in [0.2, 0.25) is 5.02 Å². The van der Waals surface area contributed by atoms with E-state index in [0.29, 0.717) is 0 Å². The molecule has 2 aromatic carbocycles. The van der Waals surface area contributed by atoms with Crippen LogP contribution in [0.1, 0.15) is 37.0 Å². The predicted octanol–water partition coefficient (Wildman–Crippen LogP) is 6.82. The topological polar surface area (TPSA) is 36.3 Å². The molecule has 0 aromatic heterocycles. The van der Waals surface area contributed by atoms with Crippen LogP contribution in [0.5, 0.6) is 5.75 Å². The van der Waals surface area contributed by atoms with Crippen LogP contribution in [0.25, 0.3) is 0 Å². The maximum atomic E-state index is 9.33. The Morgan fingerprint density at radius 1 is 1.21 bits per heavy atom. The van der Waals surface area contributed by atoms with E-state index in [1.807, 2.05) is 31.2 Å². The molecule has 0 bridgehead atoms. The van der Waals surface area contributed by atoms with Crippen LogP contribution in [0.15, 0.2) is 54.0 Å². The highest BCUT2D eigenvalue weighted by Crippen LogP contribution is 2.28. The summed E-state index contributed by atoms with van der Waals surface area (Å²) in [6.07, 6.45) is 2.67. The average Bonchev–Trinajstić information content (AvgIpc) is 2.74. The van der Waals surface area contributed by atoms with Crippen molar-refractivity contribution >= 4 is 27.5 Å². The number of ether oxygens (including phenoxy) is 1. The zero-order valence-corrected chi connectivity index (χ0v) is 19.9. The number of benzene rings is 2. The van der Waals surface area contributed by atoms with E-state index in [0.717, 1.165) is 58.7 Å². The summed E-state index contributed by atoms with van der Waals surface area (Å²) in [7, 11) is 1.69.